The minimum Gasteiger partial charge on any atom is -0.464 e. The molecule has 0 bridgehead atoms. The molecule has 26 heavy (non-hydrogen) atoms. The van der Waals surface area contributed by atoms with Crippen molar-refractivity contribution in [3.8, 4) is 6.19 Å². The molecule has 0 aromatic carbocycles. The maximum Gasteiger partial charge on any atom is 0.341 e. The van der Waals surface area contributed by atoms with Crippen molar-refractivity contribution in [1.82, 2.24) is 15.0 Å². The molecule has 1 N–H and O–H groups in total. The molecule has 11 heteroatoms. The van der Waals surface area contributed by atoms with Crippen molar-refractivity contribution in [2.24, 2.45) is 5.92 Å². The number of nitrogens with one attached hydrogen (secondary N) is 1. The van der Waals surface area contributed by atoms with Crippen LogP contribution in [0, 0.1) is 17.4 Å². The summed E-state index contributed by atoms with van der Waals surface area (Å²) in [6, 6.07) is -1.68. The minimum atomic E-state index is -1.68. The topological polar surface area (TPSA) is 130 Å². The highest BCUT2D eigenvalue weighted by Crippen LogP contribution is 2.17. The van der Waals surface area contributed by atoms with Crippen LogP contribution in [-0.2, 0) is 19.1 Å². The number of carbonyl (C=O) groups excluding carboxylic acids is 2. The molecule has 0 fully saturated rings. The van der Waals surface area contributed by atoms with Gasteiger partial charge in [-0.3, -0.25) is 0 Å². The number of halogens is 1. The third-order valence-electron chi connectivity index (χ3n) is 2.87. The van der Waals surface area contributed by atoms with Crippen molar-refractivity contribution >= 4 is 35.4 Å². The van der Waals surface area contributed by atoms with Gasteiger partial charge in [0.1, 0.15) is 0 Å². The fraction of sp³-hybridized carbons (Fsp3) is 0.600. The lowest BCUT2D eigenvalue weighted by molar-refractivity contribution is -0.156. The highest BCUT2D eigenvalue weighted by Gasteiger charge is 2.38. The third-order valence-corrected chi connectivity index (χ3v) is 3.03. The Morgan fingerprint density at radius 2 is 1.77 bits per heavy atom. The van der Waals surface area contributed by atoms with E-state index >= 15 is 0 Å². The number of nitriles is 1. The number of hydrogen-bond donors (Lipinski definition) is 1. The summed E-state index contributed by atoms with van der Waals surface area (Å²) in [6.07, 6.45) is 1.71. The Morgan fingerprint density at radius 3 is 2.23 bits per heavy atom. The molecule has 0 aliphatic carbocycles. The van der Waals surface area contributed by atoms with Gasteiger partial charge in [-0.25, -0.2) is 14.5 Å². The number of rotatable bonds is 9. The molecule has 1 rings (SSSR count). The van der Waals surface area contributed by atoms with E-state index in [2.05, 4.69) is 20.3 Å². The molecule has 0 aliphatic heterocycles. The normalized spacial score (nSPS) is 10.4. The van der Waals surface area contributed by atoms with E-state index in [0.29, 0.717) is 17.4 Å². The Morgan fingerprint density at radius 1 is 1.19 bits per heavy atom. The molecule has 1 aromatic heterocycles. The predicted molar refractivity (Wildman–Crippen MR) is 93.3 cm³/mol. The highest BCUT2D eigenvalue weighted by molar-refractivity contribution is 6.28. The van der Waals surface area contributed by atoms with Crippen molar-refractivity contribution in [2.45, 2.75) is 33.7 Å². The fourth-order valence-corrected chi connectivity index (χ4v) is 1.94. The van der Waals surface area contributed by atoms with Crippen molar-refractivity contribution in [3.63, 3.8) is 0 Å². The van der Waals surface area contributed by atoms with Gasteiger partial charge >= 0.3 is 11.9 Å². The number of anilines is 2. The summed E-state index contributed by atoms with van der Waals surface area (Å²) in [5, 5.41) is 12.2. The second kappa shape index (κ2) is 10.4. The Hall–Kier alpha value is -2.67. The molecule has 10 nitrogen and oxygen atoms in total. The first-order chi connectivity index (χ1) is 12.3. The first-order valence-corrected chi connectivity index (χ1v) is 8.39. The van der Waals surface area contributed by atoms with E-state index in [1.807, 2.05) is 13.8 Å². The minimum absolute atomic E-state index is 0.0210. The summed E-state index contributed by atoms with van der Waals surface area (Å²) < 4.78 is 9.73. The maximum absolute atomic E-state index is 12.2. The van der Waals surface area contributed by atoms with E-state index in [0.717, 1.165) is 0 Å². The van der Waals surface area contributed by atoms with E-state index in [9.17, 15) is 14.9 Å². The Balaban J connectivity index is 3.25. The molecule has 0 amide bonds. The Labute approximate surface area is 156 Å². The second-order valence-corrected chi connectivity index (χ2v) is 5.72. The molecule has 0 atom stereocenters. The van der Waals surface area contributed by atoms with E-state index in [4.69, 9.17) is 21.1 Å². The van der Waals surface area contributed by atoms with Gasteiger partial charge in [0, 0.05) is 6.54 Å². The summed E-state index contributed by atoms with van der Waals surface area (Å²) >= 11 is 5.88. The van der Waals surface area contributed by atoms with Crippen LogP contribution in [0.1, 0.15) is 27.7 Å². The zero-order valence-electron chi connectivity index (χ0n) is 15.0. The molecular formula is C15H21ClN6O4. The SMILES string of the molecule is CCOC(=O)C(C(=O)OCC)N(C#N)c1nc(Cl)nc(NCC(C)C)n1. The molecule has 0 spiro atoms. The smallest absolute Gasteiger partial charge is 0.341 e. The Bertz CT molecular complexity index is 661. The summed E-state index contributed by atoms with van der Waals surface area (Å²) in [6.45, 7) is 7.70. The lowest BCUT2D eigenvalue weighted by Crippen LogP contribution is -2.47. The summed E-state index contributed by atoms with van der Waals surface area (Å²) in [4.78, 5) is 36.8. The number of nitrogens with zero attached hydrogens (tertiary/aromatic N) is 5. The lowest BCUT2D eigenvalue weighted by Gasteiger charge is -2.22. The summed E-state index contributed by atoms with van der Waals surface area (Å²) in [7, 11) is 0. The van der Waals surface area contributed by atoms with Gasteiger partial charge in [0.15, 0.2) is 6.19 Å². The van der Waals surface area contributed by atoms with Gasteiger partial charge in [-0.1, -0.05) is 13.8 Å². The monoisotopic (exact) mass is 384 g/mol. The molecule has 0 radical (unpaired) electrons. The van der Waals surface area contributed by atoms with Gasteiger partial charge in [0.25, 0.3) is 0 Å². The fourth-order valence-electron chi connectivity index (χ4n) is 1.79. The standard InChI is InChI=1S/C15H21ClN6O4/c1-5-25-11(23)10(12(24)26-6-2)22(8-17)15-20-13(16)19-14(21-15)18-7-9(3)4/h9-10H,5-7H2,1-4H3,(H,18,19,20,21). The first-order valence-electron chi connectivity index (χ1n) is 8.01. The third kappa shape index (κ3) is 6.00. The molecule has 1 heterocycles. The Kier molecular flexibility index (Phi) is 8.51. The van der Waals surface area contributed by atoms with Crippen molar-refractivity contribution in [3.05, 3.63) is 5.28 Å². The molecule has 1 aromatic rings. The van der Waals surface area contributed by atoms with E-state index in [-0.39, 0.29) is 30.4 Å². The van der Waals surface area contributed by atoms with Crippen LogP contribution in [0.5, 0.6) is 0 Å². The van der Waals surface area contributed by atoms with Crippen LogP contribution >= 0.6 is 11.6 Å². The van der Waals surface area contributed by atoms with Gasteiger partial charge in [-0.2, -0.15) is 20.2 Å². The zero-order valence-corrected chi connectivity index (χ0v) is 15.8. The lowest BCUT2D eigenvalue weighted by atomic mass is 10.2. The van der Waals surface area contributed by atoms with E-state index in [1.165, 1.54) is 0 Å². The highest BCUT2D eigenvalue weighted by atomic mass is 35.5. The van der Waals surface area contributed by atoms with Crippen LogP contribution in [0.15, 0.2) is 0 Å². The number of aromatic nitrogens is 3. The molecule has 0 saturated carbocycles. The molecule has 142 valence electrons. The van der Waals surface area contributed by atoms with Gasteiger partial charge < -0.3 is 14.8 Å². The van der Waals surface area contributed by atoms with Gasteiger partial charge in [-0.15, -0.1) is 0 Å². The number of carbonyl (C=O) groups is 2. The van der Waals surface area contributed by atoms with Crippen LogP contribution < -0.4 is 10.2 Å². The average molecular weight is 385 g/mol. The van der Waals surface area contributed by atoms with Crippen molar-refractivity contribution < 1.29 is 19.1 Å². The number of hydrogen-bond acceptors (Lipinski definition) is 10. The molecule has 0 aliphatic rings. The van der Waals surface area contributed by atoms with E-state index in [1.54, 1.807) is 20.0 Å². The van der Waals surface area contributed by atoms with Crippen LogP contribution in [0.25, 0.3) is 0 Å². The number of esters is 2. The van der Waals surface area contributed by atoms with Crippen LogP contribution in [-0.4, -0.2) is 52.7 Å². The molecule has 0 unspecified atom stereocenters. The van der Waals surface area contributed by atoms with Crippen molar-refractivity contribution in [1.29, 1.82) is 5.26 Å². The maximum atomic E-state index is 12.2. The average Bonchev–Trinajstić information content (AvgIpc) is 2.57. The first kappa shape index (κ1) is 21.4. The molecular weight excluding hydrogens is 364 g/mol. The summed E-state index contributed by atoms with van der Waals surface area (Å²) in [5.41, 5.74) is 0. The van der Waals surface area contributed by atoms with Crippen LogP contribution in [0.2, 0.25) is 5.28 Å². The largest absolute Gasteiger partial charge is 0.464 e. The van der Waals surface area contributed by atoms with Crippen LogP contribution in [0.4, 0.5) is 11.9 Å². The second-order valence-electron chi connectivity index (χ2n) is 5.38. The summed E-state index contributed by atoms with van der Waals surface area (Å²) in [5.74, 6) is -1.78. The van der Waals surface area contributed by atoms with Gasteiger partial charge in [0.05, 0.1) is 13.2 Å². The molecule has 0 saturated heterocycles. The van der Waals surface area contributed by atoms with Gasteiger partial charge in [-0.05, 0) is 31.4 Å². The van der Waals surface area contributed by atoms with Crippen LogP contribution in [0.3, 0.4) is 0 Å². The predicted octanol–water partition coefficient (Wildman–Crippen LogP) is 1.38. The van der Waals surface area contributed by atoms with E-state index < -0.39 is 18.0 Å². The number of ether oxygens (including phenoxy) is 2. The quantitative estimate of drug-likeness (QED) is 0.288. The zero-order chi connectivity index (χ0) is 19.7. The van der Waals surface area contributed by atoms with Crippen molar-refractivity contribution in [2.75, 3.05) is 30.0 Å². The van der Waals surface area contributed by atoms with Gasteiger partial charge in [0.2, 0.25) is 23.2 Å².